The fourth-order valence-electron chi connectivity index (χ4n) is 3.20. The lowest BCUT2D eigenvalue weighted by Crippen LogP contribution is -2.14. The van der Waals surface area contributed by atoms with Crippen molar-refractivity contribution in [1.82, 2.24) is 0 Å². The number of rotatable bonds is 9. The third-order valence-electron chi connectivity index (χ3n) is 5.06. The van der Waals surface area contributed by atoms with Gasteiger partial charge in [-0.15, -0.1) is 0 Å². The average Bonchev–Trinajstić information content (AvgIpc) is 2.89. The molecule has 1 N–H and O–H groups in total. The second-order valence-electron chi connectivity index (χ2n) is 7.72. The van der Waals surface area contributed by atoms with Crippen LogP contribution in [0.5, 0.6) is 11.5 Å². The monoisotopic (exact) mass is 664 g/mol. The lowest BCUT2D eigenvalue weighted by Gasteiger charge is -2.13. The number of hydrogen-bond donors (Lipinski definition) is 1. The lowest BCUT2D eigenvalue weighted by atomic mass is 10.1. The van der Waals surface area contributed by atoms with Gasteiger partial charge in [0.1, 0.15) is 22.2 Å². The van der Waals surface area contributed by atoms with Crippen LogP contribution in [0.25, 0.3) is 6.08 Å². The maximum Gasteiger partial charge on any atom is 0.339 e. The van der Waals surface area contributed by atoms with Crippen molar-refractivity contribution in [2.45, 2.75) is 11.8 Å². The Hall–Kier alpha value is -4.56. The minimum atomic E-state index is -4.41. The van der Waals surface area contributed by atoms with E-state index < -0.39 is 31.4 Å². The maximum absolute atomic E-state index is 12.8. The molecule has 0 bridgehead atoms. The predicted octanol–water partition coefficient (Wildman–Crippen LogP) is 4.74. The van der Waals surface area contributed by atoms with Gasteiger partial charge in [0.2, 0.25) is 0 Å². The number of aryl methyl sites for hydroxylation is 1. The summed E-state index contributed by atoms with van der Waals surface area (Å²) < 4.78 is 36.3. The summed E-state index contributed by atoms with van der Waals surface area (Å²) in [6.07, 6.45) is 1.19. The second-order valence-corrected chi connectivity index (χ2v) is 10.4. The van der Waals surface area contributed by atoms with E-state index in [1.165, 1.54) is 37.5 Å². The molecule has 0 aromatic heterocycles. The van der Waals surface area contributed by atoms with E-state index in [9.17, 15) is 38.7 Å². The minimum absolute atomic E-state index is 0.0505. The van der Waals surface area contributed by atoms with Gasteiger partial charge < -0.3 is 14.2 Å². The molecule has 0 aliphatic heterocycles. The summed E-state index contributed by atoms with van der Waals surface area (Å²) in [4.78, 5) is 33.2. The van der Waals surface area contributed by atoms with Gasteiger partial charge in [0.25, 0.3) is 17.3 Å². The fraction of sp³-hybridized carbons (Fsp3) is 0.0833. The van der Waals surface area contributed by atoms with E-state index in [1.54, 1.807) is 41.7 Å². The Kier molecular flexibility index (Phi) is 8.83. The zero-order valence-corrected chi connectivity index (χ0v) is 23.0. The molecule has 0 atom stereocenters. The summed E-state index contributed by atoms with van der Waals surface area (Å²) in [7, 11) is -3.16. The van der Waals surface area contributed by atoms with Gasteiger partial charge >= 0.3 is 10.1 Å². The van der Waals surface area contributed by atoms with Crippen molar-refractivity contribution in [3.05, 3.63) is 95.1 Å². The number of nitrogens with zero attached hydrogens (tertiary/aromatic N) is 3. The standard InChI is InChI=1S/C24H17IN4O9S/c1-14-3-8-20(21(9-14)29(33)34)27-24(30)16(13-26)10-15-11-19(25)23(22(12-15)37-2)38-39(35,36)18-6-4-17(5-7-18)28(31)32/h3-12H,1-2H3,(H,27,30)/b16-10+. The van der Waals surface area contributed by atoms with Crippen LogP contribution < -0.4 is 14.2 Å². The third kappa shape index (κ3) is 6.86. The molecule has 200 valence electrons. The van der Waals surface area contributed by atoms with Gasteiger partial charge in [0.15, 0.2) is 11.5 Å². The largest absolute Gasteiger partial charge is 0.493 e. The van der Waals surface area contributed by atoms with Crippen molar-refractivity contribution in [3.8, 4) is 17.6 Å². The molecule has 0 heterocycles. The number of amides is 1. The first-order valence-corrected chi connectivity index (χ1v) is 13.1. The number of carbonyl (C=O) groups excluding carboxylic acids is 1. The average molecular weight is 664 g/mol. The van der Waals surface area contributed by atoms with Crippen LogP contribution in [0.15, 0.2) is 65.1 Å². The number of nitro groups is 2. The van der Waals surface area contributed by atoms with Crippen molar-refractivity contribution in [1.29, 1.82) is 5.26 Å². The van der Waals surface area contributed by atoms with Gasteiger partial charge in [-0.3, -0.25) is 25.0 Å². The van der Waals surface area contributed by atoms with Gasteiger partial charge in [-0.2, -0.15) is 13.7 Å². The number of nitriles is 1. The normalized spacial score (nSPS) is 11.3. The van der Waals surface area contributed by atoms with Crippen LogP contribution in [0.3, 0.4) is 0 Å². The van der Waals surface area contributed by atoms with E-state index in [1.807, 2.05) is 0 Å². The Bertz CT molecular complexity index is 1660. The molecule has 0 radical (unpaired) electrons. The van der Waals surface area contributed by atoms with Gasteiger partial charge in [-0.05, 0) is 77.0 Å². The van der Waals surface area contributed by atoms with Crippen LogP contribution in [0, 0.1) is 42.1 Å². The van der Waals surface area contributed by atoms with E-state index in [-0.39, 0.29) is 42.6 Å². The first-order valence-electron chi connectivity index (χ1n) is 10.6. The number of anilines is 1. The molecule has 3 rings (SSSR count). The first kappa shape index (κ1) is 29.0. The van der Waals surface area contributed by atoms with Crippen LogP contribution in [-0.4, -0.2) is 31.3 Å². The number of non-ortho nitro benzene ring substituents is 1. The molecular formula is C24H17IN4O9S. The smallest absolute Gasteiger partial charge is 0.339 e. The number of nitro benzene ring substituents is 2. The molecule has 0 saturated heterocycles. The van der Waals surface area contributed by atoms with E-state index in [0.717, 1.165) is 24.3 Å². The van der Waals surface area contributed by atoms with Crippen molar-refractivity contribution < 1.29 is 32.0 Å². The summed E-state index contributed by atoms with van der Waals surface area (Å²) in [5, 5.41) is 34.1. The molecule has 0 saturated carbocycles. The zero-order valence-electron chi connectivity index (χ0n) is 20.1. The molecule has 13 nitrogen and oxygen atoms in total. The van der Waals surface area contributed by atoms with Gasteiger partial charge in [0, 0.05) is 18.2 Å². The molecule has 0 aliphatic carbocycles. The summed E-state index contributed by atoms with van der Waals surface area (Å²) in [5.74, 6) is -1.14. The molecule has 0 spiro atoms. The lowest BCUT2D eigenvalue weighted by molar-refractivity contribution is -0.384. The predicted molar refractivity (Wildman–Crippen MR) is 147 cm³/mol. The number of benzene rings is 3. The Morgan fingerprint density at radius 1 is 1.08 bits per heavy atom. The van der Waals surface area contributed by atoms with Crippen molar-refractivity contribution >= 4 is 61.8 Å². The Labute approximate surface area is 235 Å². The molecule has 0 fully saturated rings. The Morgan fingerprint density at radius 3 is 2.31 bits per heavy atom. The van der Waals surface area contributed by atoms with Crippen LogP contribution >= 0.6 is 22.6 Å². The SMILES string of the molecule is COc1cc(/C=C(\C#N)C(=O)Nc2ccc(C)cc2[N+](=O)[O-])cc(I)c1OS(=O)(=O)c1ccc([N+](=O)[O-])cc1. The number of hydrogen-bond acceptors (Lipinski definition) is 10. The molecule has 0 aliphatic rings. The molecule has 39 heavy (non-hydrogen) atoms. The molecule has 1 amide bonds. The highest BCUT2D eigenvalue weighted by Crippen LogP contribution is 2.37. The maximum atomic E-state index is 12.8. The summed E-state index contributed by atoms with van der Waals surface area (Å²) in [5.41, 5.74) is -0.255. The molecule has 3 aromatic rings. The quantitative estimate of drug-likeness (QED) is 0.0835. The van der Waals surface area contributed by atoms with E-state index >= 15 is 0 Å². The van der Waals surface area contributed by atoms with E-state index in [4.69, 9.17) is 8.92 Å². The molecule has 3 aromatic carbocycles. The highest BCUT2D eigenvalue weighted by molar-refractivity contribution is 14.1. The Morgan fingerprint density at radius 2 is 1.74 bits per heavy atom. The third-order valence-corrected chi connectivity index (χ3v) is 7.09. The van der Waals surface area contributed by atoms with Gasteiger partial charge in [-0.1, -0.05) is 6.07 Å². The van der Waals surface area contributed by atoms with E-state index in [2.05, 4.69) is 5.32 Å². The topological polar surface area (TPSA) is 192 Å². The highest BCUT2D eigenvalue weighted by Gasteiger charge is 2.23. The number of carbonyl (C=O) groups is 1. The number of methoxy groups -OCH3 is 1. The van der Waals surface area contributed by atoms with Crippen LogP contribution in [0.2, 0.25) is 0 Å². The van der Waals surface area contributed by atoms with Gasteiger partial charge in [0.05, 0.1) is 20.5 Å². The van der Waals surface area contributed by atoms with Crippen LogP contribution in [0.4, 0.5) is 17.1 Å². The first-order chi connectivity index (χ1) is 18.4. The Balaban J connectivity index is 1.92. The van der Waals surface area contributed by atoms with Crippen LogP contribution in [-0.2, 0) is 14.9 Å². The fourth-order valence-corrected chi connectivity index (χ4v) is 5.04. The van der Waals surface area contributed by atoms with Crippen molar-refractivity contribution in [2.75, 3.05) is 12.4 Å². The van der Waals surface area contributed by atoms with E-state index in [0.29, 0.717) is 5.56 Å². The summed E-state index contributed by atoms with van der Waals surface area (Å²) in [6.45, 7) is 1.65. The zero-order chi connectivity index (χ0) is 28.9. The highest BCUT2D eigenvalue weighted by atomic mass is 127. The summed E-state index contributed by atoms with van der Waals surface area (Å²) >= 11 is 1.77. The number of halogens is 1. The van der Waals surface area contributed by atoms with Gasteiger partial charge in [-0.25, -0.2) is 0 Å². The molecule has 15 heteroatoms. The summed E-state index contributed by atoms with van der Waals surface area (Å²) in [6, 6.07) is 12.8. The number of ether oxygens (including phenoxy) is 1. The second kappa shape index (κ2) is 11.9. The minimum Gasteiger partial charge on any atom is -0.493 e. The molecular weight excluding hydrogens is 647 g/mol. The van der Waals surface area contributed by atoms with Crippen molar-refractivity contribution in [3.63, 3.8) is 0 Å². The molecule has 0 unspecified atom stereocenters. The van der Waals surface area contributed by atoms with Crippen LogP contribution in [0.1, 0.15) is 11.1 Å². The van der Waals surface area contributed by atoms with Crippen molar-refractivity contribution in [2.24, 2.45) is 0 Å². The number of nitrogens with one attached hydrogen (secondary N) is 1.